The molecule has 0 bridgehead atoms. The minimum absolute atomic E-state index is 0.757. The van der Waals surface area contributed by atoms with E-state index in [1.807, 2.05) is 13.8 Å². The van der Waals surface area contributed by atoms with Crippen LogP contribution in [-0.4, -0.2) is 0 Å². The van der Waals surface area contributed by atoms with E-state index in [0.29, 0.717) is 0 Å². The zero-order valence-corrected chi connectivity index (χ0v) is 28.4. The smallest absolute Gasteiger partial charge is 0.0563 e. The van der Waals surface area contributed by atoms with E-state index in [4.69, 9.17) is 23.2 Å². The van der Waals surface area contributed by atoms with Crippen molar-refractivity contribution in [3.05, 3.63) is 129 Å². The minimum atomic E-state index is 0.757. The Kier molecular flexibility index (Phi) is 8.11. The molecular weight excluding hydrogens is 687 g/mol. The van der Waals surface area contributed by atoms with Gasteiger partial charge in [0.1, 0.15) is 0 Å². The Bertz CT molecular complexity index is 1970. The Morgan fingerprint density at radius 2 is 0.810 bits per heavy atom. The van der Waals surface area contributed by atoms with Crippen molar-refractivity contribution in [3.8, 4) is 22.3 Å². The summed E-state index contributed by atoms with van der Waals surface area (Å²) < 4.78 is 2.12. The highest BCUT2D eigenvalue weighted by Gasteiger charge is 2.18. The van der Waals surface area contributed by atoms with Crippen LogP contribution in [0.4, 0.5) is 0 Å². The van der Waals surface area contributed by atoms with E-state index in [1.165, 1.54) is 11.1 Å². The van der Waals surface area contributed by atoms with Crippen LogP contribution in [0.15, 0.2) is 97.1 Å². The quantitative estimate of drug-likeness (QED) is 0.159. The maximum absolute atomic E-state index is 7.18. The van der Waals surface area contributed by atoms with Gasteiger partial charge in [-0.1, -0.05) is 152 Å². The number of halogens is 4. The summed E-state index contributed by atoms with van der Waals surface area (Å²) in [5, 5.41) is 8.15. The Labute approximate surface area is 273 Å². The summed E-state index contributed by atoms with van der Waals surface area (Å²) in [6, 6.07) is 30.1. The molecule has 0 unspecified atom stereocenters. The molecule has 0 radical (unpaired) electrons. The molecule has 0 spiro atoms. The molecule has 0 N–H and O–H groups in total. The molecule has 6 aromatic carbocycles. The van der Waals surface area contributed by atoms with Crippen LogP contribution in [-0.2, 0) is 0 Å². The highest BCUT2D eigenvalue weighted by atomic mass is 79.9. The van der Waals surface area contributed by atoms with Gasteiger partial charge in [0.2, 0.25) is 0 Å². The number of rotatable bonds is 4. The van der Waals surface area contributed by atoms with Crippen molar-refractivity contribution in [1.82, 2.24) is 0 Å². The van der Waals surface area contributed by atoms with Crippen molar-refractivity contribution in [3.63, 3.8) is 0 Å². The Balaban J connectivity index is 1.56. The molecule has 6 rings (SSSR count). The first-order valence-electron chi connectivity index (χ1n) is 13.9. The topological polar surface area (TPSA) is 0 Å². The lowest BCUT2D eigenvalue weighted by Crippen LogP contribution is -1.93. The molecular formula is C38H28Br2Cl2. The third kappa shape index (κ3) is 4.74. The van der Waals surface area contributed by atoms with Gasteiger partial charge >= 0.3 is 0 Å². The number of fused-ring (bicyclic) bond motifs is 5. The van der Waals surface area contributed by atoms with Crippen LogP contribution in [0.3, 0.4) is 0 Å². The second kappa shape index (κ2) is 11.7. The van der Waals surface area contributed by atoms with Gasteiger partial charge < -0.3 is 0 Å². The molecule has 0 aromatic heterocycles. The summed E-state index contributed by atoms with van der Waals surface area (Å²) in [5.74, 6) is 0. The normalized spacial score (nSPS) is 12.6. The number of hydrogen-bond donors (Lipinski definition) is 0. The zero-order chi connectivity index (χ0) is 29.7. The fourth-order valence-corrected chi connectivity index (χ4v) is 7.80. The van der Waals surface area contributed by atoms with Crippen LogP contribution in [0.5, 0.6) is 0 Å². The maximum atomic E-state index is 7.18. The number of hydrogen-bond acceptors (Lipinski definition) is 0. The minimum Gasteiger partial charge on any atom is -0.0830 e. The molecule has 0 saturated heterocycles. The standard InChI is InChI=1S/C38H28Br2Cl2/c1-5-33(39)35-21(3)9-7-11-27(35)31-19-15-25-23-14-18-30-26(24(23)13-17-29(25)37(31)41)16-20-32(38(30)42)28-12-8-10-22(4)36(28)34(40)6-2/h5-20H,1-4H3/b33-5+,34-6+. The van der Waals surface area contributed by atoms with Crippen LogP contribution >= 0.6 is 55.1 Å². The van der Waals surface area contributed by atoms with Gasteiger partial charge in [0.25, 0.3) is 0 Å². The highest BCUT2D eigenvalue weighted by Crippen LogP contribution is 2.45. The zero-order valence-electron chi connectivity index (χ0n) is 23.7. The summed E-state index contributed by atoms with van der Waals surface area (Å²) in [4.78, 5) is 0. The number of aryl methyl sites for hydroxylation is 2. The van der Waals surface area contributed by atoms with E-state index >= 15 is 0 Å². The summed E-state index contributed by atoms with van der Waals surface area (Å²) in [7, 11) is 0. The van der Waals surface area contributed by atoms with Gasteiger partial charge in [-0.3, -0.25) is 0 Å². The van der Waals surface area contributed by atoms with Gasteiger partial charge in [-0.2, -0.15) is 0 Å². The number of allylic oxidation sites excluding steroid dienone is 2. The van der Waals surface area contributed by atoms with Crippen molar-refractivity contribution in [2.75, 3.05) is 0 Å². The maximum Gasteiger partial charge on any atom is 0.0563 e. The highest BCUT2D eigenvalue weighted by molar-refractivity contribution is 9.15. The lowest BCUT2D eigenvalue weighted by molar-refractivity contribution is 1.43. The summed E-state index contributed by atoms with van der Waals surface area (Å²) in [6.07, 6.45) is 4.16. The third-order valence-corrected chi connectivity index (χ3v) is 10.7. The second-order valence-corrected chi connectivity index (χ2v) is 13.0. The molecule has 0 aliphatic rings. The van der Waals surface area contributed by atoms with Crippen molar-refractivity contribution in [1.29, 1.82) is 0 Å². The van der Waals surface area contributed by atoms with Crippen LogP contribution in [0.1, 0.15) is 36.1 Å². The van der Waals surface area contributed by atoms with E-state index in [0.717, 1.165) is 84.7 Å². The van der Waals surface area contributed by atoms with E-state index in [1.54, 1.807) is 0 Å². The van der Waals surface area contributed by atoms with Gasteiger partial charge in [0, 0.05) is 30.9 Å². The monoisotopic (exact) mass is 712 g/mol. The second-order valence-electron chi connectivity index (χ2n) is 10.5. The van der Waals surface area contributed by atoms with Crippen molar-refractivity contribution in [2.24, 2.45) is 0 Å². The lowest BCUT2D eigenvalue weighted by Gasteiger charge is -2.17. The number of benzene rings is 6. The molecule has 42 heavy (non-hydrogen) atoms. The predicted molar refractivity (Wildman–Crippen MR) is 194 cm³/mol. The third-order valence-electron chi connectivity index (χ3n) is 8.17. The van der Waals surface area contributed by atoms with E-state index in [-0.39, 0.29) is 0 Å². The van der Waals surface area contributed by atoms with Gasteiger partial charge in [0.05, 0.1) is 10.0 Å². The molecule has 0 nitrogen and oxygen atoms in total. The van der Waals surface area contributed by atoms with Crippen molar-refractivity contribution < 1.29 is 0 Å². The van der Waals surface area contributed by atoms with E-state index in [2.05, 4.69) is 143 Å². The first kappa shape index (κ1) is 29.2. The largest absolute Gasteiger partial charge is 0.0830 e. The summed E-state index contributed by atoms with van der Waals surface area (Å²) in [5.41, 5.74) is 9.01. The fourth-order valence-electron chi connectivity index (χ4n) is 6.09. The van der Waals surface area contributed by atoms with Crippen LogP contribution in [0.2, 0.25) is 10.0 Å². The SMILES string of the molecule is C/C=C(/Br)c1c(C)cccc1-c1ccc2c(ccc3c4ccc(-c5cccc(C)c5/C(Br)=C\C)c(Cl)c4ccc23)c1Cl. The molecule has 0 atom stereocenters. The van der Waals surface area contributed by atoms with Gasteiger partial charge in [-0.15, -0.1) is 0 Å². The molecule has 4 heteroatoms. The van der Waals surface area contributed by atoms with Crippen LogP contribution in [0, 0.1) is 13.8 Å². The first-order chi connectivity index (χ1) is 20.3. The molecule has 0 heterocycles. The Morgan fingerprint density at radius 3 is 1.19 bits per heavy atom. The molecule has 0 aliphatic carbocycles. The molecule has 6 aromatic rings. The van der Waals surface area contributed by atoms with E-state index < -0.39 is 0 Å². The Hall–Kier alpha value is -2.88. The van der Waals surface area contributed by atoms with Gasteiger partial charge in [0.15, 0.2) is 0 Å². The Morgan fingerprint density at radius 1 is 0.476 bits per heavy atom. The van der Waals surface area contributed by atoms with Crippen molar-refractivity contribution >= 4 is 96.3 Å². The summed E-state index contributed by atoms with van der Waals surface area (Å²) >= 11 is 21.9. The molecule has 0 saturated carbocycles. The van der Waals surface area contributed by atoms with Crippen LogP contribution < -0.4 is 0 Å². The predicted octanol–water partition coefficient (Wildman–Crippen LogP) is 13.9. The molecule has 0 amide bonds. The molecule has 0 fully saturated rings. The summed E-state index contributed by atoms with van der Waals surface area (Å²) in [6.45, 7) is 8.34. The van der Waals surface area contributed by atoms with Gasteiger partial charge in [-0.05, 0) is 82.6 Å². The fraction of sp³-hybridized carbons (Fsp3) is 0.105. The molecule has 0 aliphatic heterocycles. The van der Waals surface area contributed by atoms with Crippen LogP contribution in [0.25, 0.3) is 63.5 Å². The average Bonchev–Trinajstić information content (AvgIpc) is 3.00. The first-order valence-corrected chi connectivity index (χ1v) is 16.2. The molecule has 208 valence electrons. The van der Waals surface area contributed by atoms with E-state index in [9.17, 15) is 0 Å². The average molecular weight is 715 g/mol. The lowest BCUT2D eigenvalue weighted by atomic mass is 9.90. The van der Waals surface area contributed by atoms with Crippen molar-refractivity contribution in [2.45, 2.75) is 27.7 Å². The van der Waals surface area contributed by atoms with Gasteiger partial charge in [-0.25, -0.2) is 0 Å².